The second kappa shape index (κ2) is 6.55. The molecular formula is C15H21NO2. The highest BCUT2D eigenvalue weighted by molar-refractivity contribution is 5.80. The lowest BCUT2D eigenvalue weighted by Crippen LogP contribution is -2.25. The summed E-state index contributed by atoms with van der Waals surface area (Å²) in [6.45, 7) is 1.53. The van der Waals surface area contributed by atoms with Gasteiger partial charge in [0.05, 0.1) is 13.7 Å². The lowest BCUT2D eigenvalue weighted by molar-refractivity contribution is -0.118. The Kier molecular flexibility index (Phi) is 4.76. The van der Waals surface area contributed by atoms with Gasteiger partial charge in [-0.3, -0.25) is 4.79 Å². The molecule has 0 unspecified atom stereocenters. The van der Waals surface area contributed by atoms with Crippen molar-refractivity contribution in [2.24, 2.45) is 5.92 Å². The number of rotatable bonds is 8. The Balaban J connectivity index is 1.64. The Bertz CT molecular complexity index is 382. The molecule has 1 aliphatic carbocycles. The van der Waals surface area contributed by atoms with E-state index in [4.69, 9.17) is 4.74 Å². The Morgan fingerprint density at radius 2 is 2.06 bits per heavy atom. The van der Waals surface area contributed by atoms with Crippen molar-refractivity contribution in [3.8, 4) is 5.75 Å². The normalized spacial score (nSPS) is 14.5. The van der Waals surface area contributed by atoms with Crippen LogP contribution in [0.15, 0.2) is 24.3 Å². The maximum atomic E-state index is 11.7. The molecule has 1 aromatic rings. The van der Waals surface area contributed by atoms with Crippen LogP contribution in [0.5, 0.6) is 5.75 Å². The maximum absolute atomic E-state index is 11.7. The van der Waals surface area contributed by atoms with Gasteiger partial charge in [-0.05, 0) is 49.4 Å². The summed E-state index contributed by atoms with van der Waals surface area (Å²) in [5.74, 6) is 1.99. The summed E-state index contributed by atoms with van der Waals surface area (Å²) in [5.41, 5.74) is 1.19. The topological polar surface area (TPSA) is 38.3 Å². The van der Waals surface area contributed by atoms with Crippen molar-refractivity contribution >= 4 is 5.78 Å². The van der Waals surface area contributed by atoms with Crippen molar-refractivity contribution in [3.63, 3.8) is 0 Å². The van der Waals surface area contributed by atoms with Gasteiger partial charge in [-0.15, -0.1) is 0 Å². The van der Waals surface area contributed by atoms with Gasteiger partial charge < -0.3 is 10.1 Å². The van der Waals surface area contributed by atoms with Gasteiger partial charge in [0.25, 0.3) is 0 Å². The third kappa shape index (κ3) is 4.49. The smallest absolute Gasteiger partial charge is 0.146 e. The van der Waals surface area contributed by atoms with Crippen LogP contribution in [0.2, 0.25) is 0 Å². The van der Waals surface area contributed by atoms with E-state index in [1.54, 1.807) is 7.11 Å². The van der Waals surface area contributed by atoms with Gasteiger partial charge in [0, 0.05) is 6.42 Å². The molecule has 0 aliphatic heterocycles. The number of carbonyl (C=O) groups excluding carboxylic acids is 1. The highest BCUT2D eigenvalue weighted by Crippen LogP contribution is 2.27. The van der Waals surface area contributed by atoms with Gasteiger partial charge >= 0.3 is 0 Å². The van der Waals surface area contributed by atoms with E-state index < -0.39 is 0 Å². The van der Waals surface area contributed by atoms with Crippen molar-refractivity contribution < 1.29 is 9.53 Å². The van der Waals surface area contributed by atoms with Gasteiger partial charge in [0.2, 0.25) is 0 Å². The van der Waals surface area contributed by atoms with Crippen LogP contribution in [0.3, 0.4) is 0 Å². The summed E-state index contributed by atoms with van der Waals surface area (Å²) >= 11 is 0. The first-order valence-corrected chi connectivity index (χ1v) is 6.63. The molecule has 0 aromatic heterocycles. The zero-order chi connectivity index (χ0) is 12.8. The van der Waals surface area contributed by atoms with Crippen molar-refractivity contribution in [3.05, 3.63) is 29.8 Å². The third-order valence-corrected chi connectivity index (χ3v) is 3.30. The maximum Gasteiger partial charge on any atom is 0.146 e. The number of nitrogens with one attached hydrogen (secondary N) is 1. The number of aryl methyl sites for hydroxylation is 1. The molecule has 0 bridgehead atoms. The number of hydrogen-bond donors (Lipinski definition) is 1. The van der Waals surface area contributed by atoms with Crippen molar-refractivity contribution in [2.75, 3.05) is 20.2 Å². The molecule has 1 N–H and O–H groups in total. The molecule has 98 valence electrons. The predicted molar refractivity (Wildman–Crippen MR) is 71.9 cm³/mol. The van der Waals surface area contributed by atoms with Crippen molar-refractivity contribution in [2.45, 2.75) is 25.7 Å². The third-order valence-electron chi connectivity index (χ3n) is 3.30. The first-order chi connectivity index (χ1) is 8.78. The van der Waals surface area contributed by atoms with E-state index in [0.717, 1.165) is 24.6 Å². The molecule has 1 aromatic carbocycles. The molecular weight excluding hydrogens is 226 g/mol. The number of ketones is 1. The molecule has 1 fully saturated rings. The van der Waals surface area contributed by atoms with Crippen LogP contribution >= 0.6 is 0 Å². The fraction of sp³-hybridized carbons (Fsp3) is 0.533. The van der Waals surface area contributed by atoms with E-state index in [1.807, 2.05) is 24.3 Å². The summed E-state index contributed by atoms with van der Waals surface area (Å²) in [7, 11) is 1.66. The number of ether oxygens (including phenoxy) is 1. The van der Waals surface area contributed by atoms with Crippen molar-refractivity contribution in [1.82, 2.24) is 5.32 Å². The quantitative estimate of drug-likeness (QED) is 0.765. The average molecular weight is 247 g/mol. The molecule has 3 nitrogen and oxygen atoms in total. The number of Topliss-reactive ketones (excluding diaryl/α,β-unsaturated/α-hetero) is 1. The van der Waals surface area contributed by atoms with Crippen molar-refractivity contribution in [1.29, 1.82) is 0 Å². The molecule has 18 heavy (non-hydrogen) atoms. The summed E-state index contributed by atoms with van der Waals surface area (Å²) in [6, 6.07) is 7.91. The number of benzene rings is 1. The van der Waals surface area contributed by atoms with Crippen LogP contribution in [-0.2, 0) is 11.2 Å². The van der Waals surface area contributed by atoms with Crippen LogP contribution < -0.4 is 10.1 Å². The van der Waals surface area contributed by atoms with E-state index in [2.05, 4.69) is 5.32 Å². The first kappa shape index (κ1) is 13.1. The van der Waals surface area contributed by atoms with Gasteiger partial charge in [-0.2, -0.15) is 0 Å². The molecule has 1 saturated carbocycles. The zero-order valence-electron chi connectivity index (χ0n) is 10.9. The Morgan fingerprint density at radius 3 is 2.67 bits per heavy atom. The van der Waals surface area contributed by atoms with E-state index in [9.17, 15) is 4.79 Å². The minimum absolute atomic E-state index is 0.298. The fourth-order valence-corrected chi connectivity index (χ4v) is 1.90. The average Bonchev–Trinajstić information content (AvgIpc) is 3.21. The summed E-state index contributed by atoms with van der Waals surface area (Å²) < 4.78 is 5.10. The first-order valence-electron chi connectivity index (χ1n) is 6.63. The van der Waals surface area contributed by atoms with E-state index in [-0.39, 0.29) is 0 Å². The molecule has 0 atom stereocenters. The molecule has 2 rings (SSSR count). The molecule has 0 spiro atoms. The highest BCUT2D eigenvalue weighted by Gasteiger charge is 2.20. The lowest BCUT2D eigenvalue weighted by atomic mass is 10.1. The van der Waals surface area contributed by atoms with Crippen LogP contribution in [0.25, 0.3) is 0 Å². The molecule has 3 heteroatoms. The Hall–Kier alpha value is -1.35. The minimum Gasteiger partial charge on any atom is -0.497 e. The van der Waals surface area contributed by atoms with E-state index in [0.29, 0.717) is 18.7 Å². The molecule has 0 radical (unpaired) electrons. The molecule has 1 aliphatic rings. The highest BCUT2D eigenvalue weighted by atomic mass is 16.5. The predicted octanol–water partition coefficient (Wildman–Crippen LogP) is 2.20. The molecule has 0 heterocycles. The van der Waals surface area contributed by atoms with Crippen LogP contribution in [0.1, 0.15) is 24.8 Å². The SMILES string of the molecule is COc1ccc(CCC(=O)CNCC2CC2)cc1. The summed E-state index contributed by atoms with van der Waals surface area (Å²) in [6.07, 6.45) is 4.08. The van der Waals surface area contributed by atoms with E-state index >= 15 is 0 Å². The number of methoxy groups -OCH3 is 1. The fourth-order valence-electron chi connectivity index (χ4n) is 1.90. The van der Waals surface area contributed by atoms with Gasteiger partial charge in [-0.25, -0.2) is 0 Å². The number of carbonyl (C=O) groups is 1. The van der Waals surface area contributed by atoms with Gasteiger partial charge in [0.1, 0.15) is 11.5 Å². The summed E-state index contributed by atoms with van der Waals surface area (Å²) in [4.78, 5) is 11.7. The van der Waals surface area contributed by atoms with E-state index in [1.165, 1.54) is 18.4 Å². The largest absolute Gasteiger partial charge is 0.497 e. The van der Waals surface area contributed by atoms with Crippen LogP contribution in [0, 0.1) is 5.92 Å². The molecule has 0 amide bonds. The van der Waals surface area contributed by atoms with Crippen LogP contribution in [0.4, 0.5) is 0 Å². The van der Waals surface area contributed by atoms with Gasteiger partial charge in [0.15, 0.2) is 0 Å². The Labute approximate surface area is 109 Å². The lowest BCUT2D eigenvalue weighted by Gasteiger charge is -2.04. The standard InChI is InChI=1S/C15H21NO2/c1-18-15-8-5-12(6-9-15)4-7-14(17)11-16-10-13-2-3-13/h5-6,8-9,13,16H,2-4,7,10-11H2,1H3. The minimum atomic E-state index is 0.298. The van der Waals surface area contributed by atoms with Crippen LogP contribution in [-0.4, -0.2) is 26.0 Å². The zero-order valence-corrected chi connectivity index (χ0v) is 10.9. The monoisotopic (exact) mass is 247 g/mol. The summed E-state index contributed by atoms with van der Waals surface area (Å²) in [5, 5.41) is 3.23. The second-order valence-corrected chi connectivity index (χ2v) is 4.96. The second-order valence-electron chi connectivity index (χ2n) is 4.96. The Morgan fingerprint density at radius 1 is 1.33 bits per heavy atom. The number of hydrogen-bond acceptors (Lipinski definition) is 3. The molecule has 0 saturated heterocycles. The van der Waals surface area contributed by atoms with Gasteiger partial charge in [-0.1, -0.05) is 12.1 Å².